The highest BCUT2D eigenvalue weighted by Gasteiger charge is 2.17. The minimum atomic E-state index is 0.884. The van der Waals surface area contributed by atoms with Gasteiger partial charge >= 0.3 is 0 Å². The summed E-state index contributed by atoms with van der Waals surface area (Å²) in [5.41, 5.74) is 9.71. The standard InChI is InChI=1S/C29H29NO/c1-31-27-18-16-26(17-19-27)30(20-24-12-6-10-22-8-2-4-14-28(22)24)21-25-13-7-11-23-9-3-5-15-29(23)25/h2-5,8-9,14-21H,6-7,10-13H2,1H3/b24-20+,25-21+. The second kappa shape index (κ2) is 8.85. The van der Waals surface area contributed by atoms with Crippen molar-refractivity contribution in [3.63, 3.8) is 0 Å². The summed E-state index contributed by atoms with van der Waals surface area (Å²) in [7, 11) is 1.72. The number of benzene rings is 3. The van der Waals surface area contributed by atoms with Gasteiger partial charge in [-0.15, -0.1) is 0 Å². The molecule has 2 aliphatic carbocycles. The Labute approximate surface area is 185 Å². The maximum absolute atomic E-state index is 5.39. The fourth-order valence-electron chi connectivity index (χ4n) is 4.86. The second-order valence-corrected chi connectivity index (χ2v) is 8.44. The van der Waals surface area contributed by atoms with Crippen molar-refractivity contribution < 1.29 is 4.74 Å². The molecule has 0 radical (unpaired) electrons. The maximum Gasteiger partial charge on any atom is 0.119 e. The SMILES string of the molecule is COc1ccc(N(/C=C2\CCCc3ccccc32)/C=C2\CCCc3ccccc32)cc1. The first-order chi connectivity index (χ1) is 15.3. The average molecular weight is 408 g/mol. The van der Waals surface area contributed by atoms with Crippen LogP contribution in [0.25, 0.3) is 11.1 Å². The molecule has 0 unspecified atom stereocenters. The van der Waals surface area contributed by atoms with E-state index in [0.29, 0.717) is 0 Å². The first-order valence-corrected chi connectivity index (χ1v) is 11.3. The van der Waals surface area contributed by atoms with Crippen LogP contribution in [-0.4, -0.2) is 7.11 Å². The molecular formula is C29H29NO. The van der Waals surface area contributed by atoms with Gasteiger partial charge in [-0.05, 0) is 96.2 Å². The van der Waals surface area contributed by atoms with E-state index in [1.54, 1.807) is 7.11 Å². The van der Waals surface area contributed by atoms with Crippen LogP contribution in [0.15, 0.2) is 85.2 Å². The molecule has 5 rings (SSSR count). The van der Waals surface area contributed by atoms with Gasteiger partial charge in [-0.1, -0.05) is 48.5 Å². The summed E-state index contributed by atoms with van der Waals surface area (Å²) in [5.74, 6) is 0.884. The van der Waals surface area contributed by atoms with Crippen LogP contribution in [0.3, 0.4) is 0 Å². The molecule has 0 N–H and O–H groups in total. The summed E-state index contributed by atoms with van der Waals surface area (Å²) >= 11 is 0. The van der Waals surface area contributed by atoms with Gasteiger partial charge < -0.3 is 9.64 Å². The van der Waals surface area contributed by atoms with Gasteiger partial charge in [-0.3, -0.25) is 0 Å². The fourth-order valence-corrected chi connectivity index (χ4v) is 4.86. The molecule has 0 spiro atoms. The van der Waals surface area contributed by atoms with E-state index in [0.717, 1.165) is 24.3 Å². The minimum Gasteiger partial charge on any atom is -0.497 e. The summed E-state index contributed by atoms with van der Waals surface area (Å²) < 4.78 is 5.39. The van der Waals surface area contributed by atoms with Crippen LogP contribution in [0.1, 0.15) is 47.9 Å². The van der Waals surface area contributed by atoms with Crippen molar-refractivity contribution in [1.82, 2.24) is 0 Å². The maximum atomic E-state index is 5.39. The molecule has 0 heterocycles. The lowest BCUT2D eigenvalue weighted by Crippen LogP contribution is -2.13. The molecule has 3 aromatic carbocycles. The predicted molar refractivity (Wildman–Crippen MR) is 130 cm³/mol. The molecule has 0 fully saturated rings. The Kier molecular flexibility index (Phi) is 5.62. The van der Waals surface area contributed by atoms with Crippen molar-refractivity contribution in [2.75, 3.05) is 12.0 Å². The zero-order valence-corrected chi connectivity index (χ0v) is 18.2. The Morgan fingerprint density at radius 2 is 1.16 bits per heavy atom. The fraction of sp³-hybridized carbons (Fsp3) is 0.241. The van der Waals surface area contributed by atoms with Crippen molar-refractivity contribution in [1.29, 1.82) is 0 Å². The van der Waals surface area contributed by atoms with Crippen LogP contribution in [0.5, 0.6) is 5.75 Å². The number of aryl methyl sites for hydroxylation is 2. The lowest BCUT2D eigenvalue weighted by Gasteiger charge is -2.26. The summed E-state index contributed by atoms with van der Waals surface area (Å²) in [4.78, 5) is 2.33. The third kappa shape index (κ3) is 4.16. The first kappa shape index (κ1) is 19.7. The molecule has 156 valence electrons. The van der Waals surface area contributed by atoms with Crippen molar-refractivity contribution in [2.45, 2.75) is 38.5 Å². The van der Waals surface area contributed by atoms with E-state index in [9.17, 15) is 0 Å². The van der Waals surface area contributed by atoms with Crippen molar-refractivity contribution in [3.05, 3.63) is 107 Å². The Morgan fingerprint density at radius 1 is 0.645 bits per heavy atom. The Hall–Kier alpha value is -3.26. The third-order valence-corrected chi connectivity index (χ3v) is 6.47. The smallest absolute Gasteiger partial charge is 0.119 e. The average Bonchev–Trinajstić information content (AvgIpc) is 2.84. The number of methoxy groups -OCH3 is 1. The topological polar surface area (TPSA) is 12.5 Å². The van der Waals surface area contributed by atoms with Gasteiger partial charge in [0, 0.05) is 18.1 Å². The predicted octanol–water partition coefficient (Wildman–Crippen LogP) is 7.26. The van der Waals surface area contributed by atoms with Crippen LogP contribution in [0.2, 0.25) is 0 Å². The number of ether oxygens (including phenoxy) is 1. The van der Waals surface area contributed by atoms with Gasteiger partial charge in [0.2, 0.25) is 0 Å². The number of nitrogens with zero attached hydrogens (tertiary/aromatic N) is 1. The molecule has 2 nitrogen and oxygen atoms in total. The van der Waals surface area contributed by atoms with Gasteiger partial charge in [-0.2, -0.15) is 0 Å². The molecule has 0 aliphatic heterocycles. The summed E-state index contributed by atoms with van der Waals surface area (Å²) in [5, 5.41) is 0. The minimum absolute atomic E-state index is 0.884. The number of fused-ring (bicyclic) bond motifs is 2. The summed E-state index contributed by atoms with van der Waals surface area (Å²) in [6.45, 7) is 0. The Bertz CT molecular complexity index is 1060. The number of rotatable bonds is 4. The summed E-state index contributed by atoms with van der Waals surface area (Å²) in [6, 6.07) is 26.1. The van der Waals surface area contributed by atoms with Crippen molar-refractivity contribution >= 4 is 16.8 Å². The highest BCUT2D eigenvalue weighted by molar-refractivity contribution is 5.77. The molecule has 31 heavy (non-hydrogen) atoms. The lowest BCUT2D eigenvalue weighted by atomic mass is 9.87. The monoisotopic (exact) mass is 407 g/mol. The molecule has 0 atom stereocenters. The van der Waals surface area contributed by atoms with Crippen LogP contribution in [0, 0.1) is 0 Å². The van der Waals surface area contributed by atoms with Gasteiger partial charge in [-0.25, -0.2) is 0 Å². The Balaban J connectivity index is 1.60. The van der Waals surface area contributed by atoms with E-state index in [4.69, 9.17) is 4.74 Å². The number of anilines is 1. The normalized spacial score (nSPS) is 17.8. The molecule has 0 saturated heterocycles. The molecule has 0 bridgehead atoms. The molecule has 0 aromatic heterocycles. The molecule has 0 saturated carbocycles. The largest absolute Gasteiger partial charge is 0.497 e. The van der Waals surface area contributed by atoms with Crippen LogP contribution in [-0.2, 0) is 12.8 Å². The number of hydrogen-bond acceptors (Lipinski definition) is 2. The highest BCUT2D eigenvalue weighted by atomic mass is 16.5. The third-order valence-electron chi connectivity index (χ3n) is 6.47. The first-order valence-electron chi connectivity index (χ1n) is 11.3. The van der Waals surface area contributed by atoms with Crippen LogP contribution >= 0.6 is 0 Å². The van der Waals surface area contributed by atoms with Gasteiger partial charge in [0.1, 0.15) is 5.75 Å². The van der Waals surface area contributed by atoms with E-state index in [1.807, 2.05) is 12.1 Å². The molecule has 2 aliphatic rings. The quantitative estimate of drug-likeness (QED) is 0.451. The van der Waals surface area contributed by atoms with Gasteiger partial charge in [0.15, 0.2) is 0 Å². The van der Waals surface area contributed by atoms with Crippen LogP contribution < -0.4 is 9.64 Å². The van der Waals surface area contributed by atoms with Gasteiger partial charge in [0.25, 0.3) is 0 Å². The van der Waals surface area contributed by atoms with E-state index in [2.05, 4.69) is 78.0 Å². The van der Waals surface area contributed by atoms with Gasteiger partial charge in [0.05, 0.1) is 7.11 Å². The highest BCUT2D eigenvalue weighted by Crippen LogP contribution is 2.35. The van der Waals surface area contributed by atoms with Crippen molar-refractivity contribution in [2.24, 2.45) is 0 Å². The number of hydrogen-bond donors (Lipinski definition) is 0. The molecule has 3 aromatic rings. The van der Waals surface area contributed by atoms with Crippen LogP contribution in [0.4, 0.5) is 5.69 Å². The van der Waals surface area contributed by atoms with E-state index in [1.165, 1.54) is 59.1 Å². The van der Waals surface area contributed by atoms with E-state index in [-0.39, 0.29) is 0 Å². The molecule has 0 amide bonds. The molecule has 2 heteroatoms. The zero-order valence-electron chi connectivity index (χ0n) is 18.2. The van der Waals surface area contributed by atoms with E-state index < -0.39 is 0 Å². The summed E-state index contributed by atoms with van der Waals surface area (Å²) in [6.07, 6.45) is 11.7. The molecular weight excluding hydrogens is 378 g/mol. The van der Waals surface area contributed by atoms with E-state index >= 15 is 0 Å². The number of allylic oxidation sites excluding steroid dienone is 2. The van der Waals surface area contributed by atoms with Crippen molar-refractivity contribution in [3.8, 4) is 5.75 Å². The second-order valence-electron chi connectivity index (χ2n) is 8.44. The zero-order chi connectivity index (χ0) is 21.0. The lowest BCUT2D eigenvalue weighted by molar-refractivity contribution is 0.415. The Morgan fingerprint density at radius 3 is 1.68 bits per heavy atom.